The number of fused-ring (bicyclic) bond motifs is 4. The lowest BCUT2D eigenvalue weighted by Crippen LogP contribution is -2.29. The lowest BCUT2D eigenvalue weighted by molar-refractivity contribution is -0.137. The van der Waals surface area contributed by atoms with Crippen LogP contribution in [0.2, 0.25) is 0 Å². The third-order valence-corrected chi connectivity index (χ3v) is 5.61. The second kappa shape index (κ2) is 11.1. The SMILES string of the molecule is CCOC(=O)C(=O)c1c(NC(=O)C(C)(C)C)ccc2c1OCO2.Cl.O=C1Cc2ccc3c(c2C1=O)OCO3. The highest BCUT2D eigenvalue weighted by molar-refractivity contribution is 6.48. The zero-order valence-electron chi connectivity index (χ0n) is 21.1. The number of benzene rings is 2. The van der Waals surface area contributed by atoms with Crippen molar-refractivity contribution in [1.29, 1.82) is 0 Å². The van der Waals surface area contributed by atoms with Crippen molar-refractivity contribution in [3.63, 3.8) is 0 Å². The van der Waals surface area contributed by atoms with Crippen LogP contribution in [0, 0.1) is 5.41 Å². The van der Waals surface area contributed by atoms with Gasteiger partial charge in [0, 0.05) is 11.8 Å². The molecule has 0 aromatic heterocycles. The molecule has 0 saturated carbocycles. The minimum absolute atomic E-state index is 0. The van der Waals surface area contributed by atoms with Gasteiger partial charge in [0.15, 0.2) is 23.0 Å². The maximum atomic E-state index is 12.4. The Bertz CT molecular complexity index is 1330. The van der Waals surface area contributed by atoms with Crippen molar-refractivity contribution < 1.29 is 47.7 Å². The molecule has 2 heterocycles. The Balaban J connectivity index is 0.000000227. The lowest BCUT2D eigenvalue weighted by atomic mass is 9.95. The van der Waals surface area contributed by atoms with E-state index in [1.807, 2.05) is 0 Å². The van der Waals surface area contributed by atoms with E-state index in [0.717, 1.165) is 5.56 Å². The van der Waals surface area contributed by atoms with Crippen LogP contribution in [0.4, 0.5) is 5.69 Å². The number of nitrogens with one attached hydrogen (secondary N) is 1. The highest BCUT2D eigenvalue weighted by Gasteiger charge is 2.35. The van der Waals surface area contributed by atoms with E-state index in [4.69, 9.17) is 23.7 Å². The van der Waals surface area contributed by atoms with Gasteiger partial charge in [-0.15, -0.1) is 12.4 Å². The molecule has 1 aliphatic carbocycles. The van der Waals surface area contributed by atoms with Gasteiger partial charge in [0.1, 0.15) is 0 Å². The minimum Gasteiger partial charge on any atom is -0.460 e. The average Bonchev–Trinajstić information content (AvgIpc) is 3.57. The molecular formula is C26H26ClNO10. The molecule has 1 N–H and O–H groups in total. The Labute approximate surface area is 224 Å². The van der Waals surface area contributed by atoms with E-state index >= 15 is 0 Å². The number of hydrogen-bond donors (Lipinski definition) is 1. The molecule has 1 amide bonds. The van der Waals surface area contributed by atoms with Crippen LogP contribution in [-0.4, -0.2) is 49.4 Å². The Hall–Kier alpha value is -4.12. The average molecular weight is 548 g/mol. The molecule has 12 heteroatoms. The van der Waals surface area contributed by atoms with Crippen LogP contribution in [0.1, 0.15) is 54.0 Å². The topological polar surface area (TPSA) is 144 Å². The van der Waals surface area contributed by atoms with Crippen LogP contribution in [-0.2, 0) is 25.5 Å². The van der Waals surface area contributed by atoms with E-state index < -0.39 is 23.0 Å². The van der Waals surface area contributed by atoms with Crippen molar-refractivity contribution in [2.75, 3.05) is 25.5 Å². The van der Waals surface area contributed by atoms with Gasteiger partial charge >= 0.3 is 5.97 Å². The zero-order chi connectivity index (χ0) is 26.9. The van der Waals surface area contributed by atoms with Gasteiger partial charge in [-0.1, -0.05) is 26.8 Å². The summed E-state index contributed by atoms with van der Waals surface area (Å²) >= 11 is 0. The third kappa shape index (κ3) is 5.42. The molecule has 0 bridgehead atoms. The minimum atomic E-state index is -1.01. The van der Waals surface area contributed by atoms with E-state index in [-0.39, 0.29) is 67.7 Å². The number of rotatable bonds is 4. The maximum Gasteiger partial charge on any atom is 0.379 e. The molecule has 0 unspecified atom stereocenters. The molecular weight excluding hydrogens is 522 g/mol. The monoisotopic (exact) mass is 547 g/mol. The predicted octanol–water partition coefficient (Wildman–Crippen LogP) is 3.29. The maximum absolute atomic E-state index is 12.4. The summed E-state index contributed by atoms with van der Waals surface area (Å²) in [5, 5.41) is 2.65. The van der Waals surface area contributed by atoms with Gasteiger partial charge in [-0.3, -0.25) is 19.2 Å². The van der Waals surface area contributed by atoms with Gasteiger partial charge in [0.05, 0.1) is 23.4 Å². The van der Waals surface area contributed by atoms with Crippen molar-refractivity contribution >= 4 is 47.3 Å². The van der Waals surface area contributed by atoms with Crippen LogP contribution in [0.15, 0.2) is 24.3 Å². The highest BCUT2D eigenvalue weighted by Crippen LogP contribution is 2.41. The van der Waals surface area contributed by atoms with Crippen molar-refractivity contribution in [2.24, 2.45) is 5.41 Å². The number of ketones is 3. The number of ether oxygens (including phenoxy) is 5. The first-order chi connectivity index (χ1) is 17.5. The first-order valence-electron chi connectivity index (χ1n) is 11.5. The quantitative estimate of drug-likeness (QED) is 0.344. The second-order valence-corrected chi connectivity index (χ2v) is 9.24. The third-order valence-electron chi connectivity index (χ3n) is 5.61. The van der Waals surface area contributed by atoms with Crippen molar-refractivity contribution in [2.45, 2.75) is 34.1 Å². The Morgan fingerprint density at radius 1 is 0.921 bits per heavy atom. The first kappa shape index (κ1) is 28.5. The summed E-state index contributed by atoms with van der Waals surface area (Å²) in [7, 11) is 0. The van der Waals surface area contributed by atoms with Gasteiger partial charge in [0.2, 0.25) is 31.1 Å². The predicted molar refractivity (Wildman–Crippen MR) is 134 cm³/mol. The van der Waals surface area contributed by atoms with Gasteiger partial charge in [-0.25, -0.2) is 4.79 Å². The smallest absolute Gasteiger partial charge is 0.379 e. The number of hydrogen-bond acceptors (Lipinski definition) is 10. The fourth-order valence-electron chi connectivity index (χ4n) is 3.71. The summed E-state index contributed by atoms with van der Waals surface area (Å²) in [6.45, 7) is 6.94. The number of halogens is 1. The summed E-state index contributed by atoms with van der Waals surface area (Å²) in [4.78, 5) is 59.0. The van der Waals surface area contributed by atoms with Crippen LogP contribution in [0.3, 0.4) is 0 Å². The second-order valence-electron chi connectivity index (χ2n) is 9.24. The summed E-state index contributed by atoms with van der Waals surface area (Å²) < 4.78 is 25.5. The van der Waals surface area contributed by atoms with E-state index in [2.05, 4.69) is 5.32 Å². The molecule has 2 aromatic carbocycles. The molecule has 0 atom stereocenters. The summed E-state index contributed by atoms with van der Waals surface area (Å²) in [6, 6.07) is 6.55. The molecule has 2 aliphatic heterocycles. The number of carbonyl (C=O) groups excluding carboxylic acids is 5. The highest BCUT2D eigenvalue weighted by atomic mass is 35.5. The molecule has 0 spiro atoms. The molecule has 3 aliphatic rings. The van der Waals surface area contributed by atoms with E-state index in [1.165, 1.54) is 6.07 Å². The normalized spacial score (nSPS) is 14.1. The largest absolute Gasteiger partial charge is 0.460 e. The van der Waals surface area contributed by atoms with Gasteiger partial charge in [-0.2, -0.15) is 0 Å². The Kier molecular flexibility index (Phi) is 8.31. The van der Waals surface area contributed by atoms with Gasteiger partial charge < -0.3 is 29.0 Å². The van der Waals surface area contributed by atoms with Crippen LogP contribution in [0.5, 0.6) is 23.0 Å². The fourth-order valence-corrected chi connectivity index (χ4v) is 3.71. The van der Waals surface area contributed by atoms with Crippen molar-refractivity contribution in [3.05, 3.63) is 41.0 Å². The molecule has 38 heavy (non-hydrogen) atoms. The number of anilines is 1. The molecule has 202 valence electrons. The molecule has 5 rings (SSSR count). The molecule has 0 fully saturated rings. The fraction of sp³-hybridized carbons (Fsp3) is 0.346. The van der Waals surface area contributed by atoms with Crippen LogP contribution < -0.4 is 24.3 Å². The summed E-state index contributed by atoms with van der Waals surface area (Å²) in [5.74, 6) is -1.58. The number of amides is 1. The summed E-state index contributed by atoms with van der Waals surface area (Å²) in [5.41, 5.74) is 0.596. The number of esters is 1. The standard InChI is InChI=1S/C16H19NO6.C10H6O4.ClH/c1-5-21-14(19)12(18)11-9(17-15(20)16(2,3)4)6-7-10-13(11)23-8-22-10;11-6-3-5-1-2-7-10(14-4-13-7)8(5)9(6)12;/h6-7H,5,8H2,1-4H3,(H,17,20);1-2H,3-4H2;1H. The van der Waals surface area contributed by atoms with E-state index in [1.54, 1.807) is 45.9 Å². The summed E-state index contributed by atoms with van der Waals surface area (Å²) in [6.07, 6.45) is 0.185. The van der Waals surface area contributed by atoms with Gasteiger partial charge in [-0.05, 0) is 30.7 Å². The van der Waals surface area contributed by atoms with E-state index in [0.29, 0.717) is 22.8 Å². The molecule has 0 saturated heterocycles. The van der Waals surface area contributed by atoms with Crippen molar-refractivity contribution in [1.82, 2.24) is 0 Å². The van der Waals surface area contributed by atoms with Crippen LogP contribution >= 0.6 is 12.4 Å². The first-order valence-corrected chi connectivity index (χ1v) is 11.5. The zero-order valence-corrected chi connectivity index (χ0v) is 21.9. The number of Topliss-reactive ketones (excluding diaryl/α,β-unsaturated/α-hetero) is 3. The molecule has 0 radical (unpaired) electrons. The molecule has 2 aromatic rings. The lowest BCUT2D eigenvalue weighted by Gasteiger charge is -2.19. The van der Waals surface area contributed by atoms with Gasteiger partial charge in [0.25, 0.3) is 5.78 Å². The Morgan fingerprint density at radius 2 is 1.53 bits per heavy atom. The number of carbonyl (C=O) groups is 5. The Morgan fingerprint density at radius 3 is 2.16 bits per heavy atom. The van der Waals surface area contributed by atoms with Crippen molar-refractivity contribution in [3.8, 4) is 23.0 Å². The molecule has 11 nitrogen and oxygen atoms in total. The van der Waals surface area contributed by atoms with E-state index in [9.17, 15) is 24.0 Å². The van der Waals surface area contributed by atoms with Crippen LogP contribution in [0.25, 0.3) is 0 Å².